The Bertz CT molecular complexity index is 1020. The van der Waals surface area contributed by atoms with Gasteiger partial charge in [-0.3, -0.25) is 18.7 Å². The Morgan fingerprint density at radius 3 is 2.55 bits per heavy atom. The SMILES string of the molecule is CC(Oc1cccc(Cl)c1)C(=O)N1CCCN(c2cc(=O)n(C)c(=O)n2C)CC1. The summed E-state index contributed by atoms with van der Waals surface area (Å²) in [6, 6.07) is 8.41. The maximum atomic E-state index is 12.8. The van der Waals surface area contributed by atoms with E-state index in [4.69, 9.17) is 16.3 Å². The van der Waals surface area contributed by atoms with Gasteiger partial charge in [-0.15, -0.1) is 0 Å². The van der Waals surface area contributed by atoms with Crippen LogP contribution in [0.1, 0.15) is 13.3 Å². The second kappa shape index (κ2) is 8.73. The first kappa shape index (κ1) is 21.0. The lowest BCUT2D eigenvalue weighted by atomic mass is 10.3. The van der Waals surface area contributed by atoms with Crippen LogP contribution in [-0.2, 0) is 18.9 Å². The topological polar surface area (TPSA) is 76.8 Å². The molecule has 2 heterocycles. The summed E-state index contributed by atoms with van der Waals surface area (Å²) in [6.07, 6.45) is 0.0762. The van der Waals surface area contributed by atoms with Gasteiger partial charge in [0.1, 0.15) is 11.6 Å². The average molecular weight is 421 g/mol. The number of carbonyl (C=O) groups excluding carboxylic acids is 1. The van der Waals surface area contributed by atoms with Crippen LogP contribution in [0.5, 0.6) is 5.75 Å². The van der Waals surface area contributed by atoms with E-state index >= 15 is 0 Å². The minimum absolute atomic E-state index is 0.107. The first-order valence-corrected chi connectivity index (χ1v) is 9.88. The van der Waals surface area contributed by atoms with Crippen molar-refractivity contribution in [3.63, 3.8) is 0 Å². The number of ether oxygens (including phenoxy) is 1. The molecular weight excluding hydrogens is 396 g/mol. The van der Waals surface area contributed by atoms with Crippen LogP contribution in [0, 0.1) is 0 Å². The van der Waals surface area contributed by atoms with Crippen LogP contribution >= 0.6 is 11.6 Å². The van der Waals surface area contributed by atoms with Gasteiger partial charge in [0, 0.05) is 51.4 Å². The Morgan fingerprint density at radius 1 is 1.07 bits per heavy atom. The molecule has 0 saturated carbocycles. The highest BCUT2D eigenvalue weighted by atomic mass is 35.5. The average Bonchev–Trinajstić information content (AvgIpc) is 2.94. The Morgan fingerprint density at radius 2 is 1.83 bits per heavy atom. The summed E-state index contributed by atoms with van der Waals surface area (Å²) >= 11 is 5.97. The Balaban J connectivity index is 1.69. The zero-order valence-corrected chi connectivity index (χ0v) is 17.6. The van der Waals surface area contributed by atoms with Crippen LogP contribution in [0.4, 0.5) is 5.82 Å². The van der Waals surface area contributed by atoms with Crippen LogP contribution < -0.4 is 20.9 Å². The van der Waals surface area contributed by atoms with Gasteiger partial charge < -0.3 is 14.5 Å². The number of nitrogens with zero attached hydrogens (tertiary/aromatic N) is 4. The molecule has 1 saturated heterocycles. The third kappa shape index (κ3) is 4.64. The highest BCUT2D eigenvalue weighted by molar-refractivity contribution is 6.30. The third-order valence-electron chi connectivity index (χ3n) is 5.09. The van der Waals surface area contributed by atoms with E-state index < -0.39 is 6.10 Å². The highest BCUT2D eigenvalue weighted by Gasteiger charge is 2.25. The van der Waals surface area contributed by atoms with Crippen molar-refractivity contribution in [2.24, 2.45) is 14.1 Å². The van der Waals surface area contributed by atoms with E-state index in [1.54, 1.807) is 43.1 Å². The van der Waals surface area contributed by atoms with Gasteiger partial charge in [-0.1, -0.05) is 17.7 Å². The molecule has 0 radical (unpaired) electrons. The van der Waals surface area contributed by atoms with Crippen molar-refractivity contribution in [3.8, 4) is 5.75 Å². The molecule has 2 aromatic rings. The molecule has 156 valence electrons. The Labute approximate surface area is 173 Å². The fraction of sp³-hybridized carbons (Fsp3) is 0.450. The van der Waals surface area contributed by atoms with Gasteiger partial charge in [0.15, 0.2) is 6.10 Å². The summed E-state index contributed by atoms with van der Waals surface area (Å²) in [5, 5.41) is 0.548. The number of aromatic nitrogens is 2. The van der Waals surface area contributed by atoms with Crippen molar-refractivity contribution < 1.29 is 9.53 Å². The largest absolute Gasteiger partial charge is 0.481 e. The molecule has 0 N–H and O–H groups in total. The second-order valence-electron chi connectivity index (χ2n) is 7.12. The molecule has 3 rings (SSSR count). The minimum Gasteiger partial charge on any atom is -0.481 e. The predicted octanol–water partition coefficient (Wildman–Crippen LogP) is 1.24. The molecule has 1 fully saturated rings. The lowest BCUT2D eigenvalue weighted by Gasteiger charge is -2.26. The van der Waals surface area contributed by atoms with Crippen molar-refractivity contribution in [2.75, 3.05) is 31.1 Å². The lowest BCUT2D eigenvalue weighted by Crippen LogP contribution is -2.43. The number of hydrogen-bond donors (Lipinski definition) is 0. The number of anilines is 1. The van der Waals surface area contributed by atoms with Crippen LogP contribution in [0.2, 0.25) is 5.02 Å². The quantitative estimate of drug-likeness (QED) is 0.743. The number of hydrogen-bond acceptors (Lipinski definition) is 5. The lowest BCUT2D eigenvalue weighted by molar-refractivity contribution is -0.137. The van der Waals surface area contributed by atoms with Crippen molar-refractivity contribution >= 4 is 23.3 Å². The summed E-state index contributed by atoms with van der Waals surface area (Å²) in [5.41, 5.74) is -0.711. The van der Waals surface area contributed by atoms with Gasteiger partial charge in [0.2, 0.25) is 0 Å². The van der Waals surface area contributed by atoms with E-state index in [1.165, 1.54) is 17.7 Å². The van der Waals surface area contributed by atoms with Gasteiger partial charge in [-0.2, -0.15) is 0 Å². The van der Waals surface area contributed by atoms with Crippen molar-refractivity contribution in [1.29, 1.82) is 0 Å². The molecule has 9 heteroatoms. The first-order valence-electron chi connectivity index (χ1n) is 9.51. The minimum atomic E-state index is -0.645. The van der Waals surface area contributed by atoms with Crippen LogP contribution in [0.3, 0.4) is 0 Å². The van der Waals surface area contributed by atoms with Crippen LogP contribution in [-0.4, -0.2) is 52.2 Å². The molecule has 1 atom stereocenters. The van der Waals surface area contributed by atoms with Gasteiger partial charge in [0.05, 0.1) is 0 Å². The number of carbonyl (C=O) groups is 1. The number of amides is 1. The summed E-state index contributed by atoms with van der Waals surface area (Å²) in [5.74, 6) is 1.00. The summed E-state index contributed by atoms with van der Waals surface area (Å²) < 4.78 is 8.28. The molecule has 1 aliphatic rings. The van der Waals surface area contributed by atoms with Crippen molar-refractivity contribution in [3.05, 3.63) is 56.2 Å². The van der Waals surface area contributed by atoms with Gasteiger partial charge in [-0.25, -0.2) is 4.79 Å². The Hall–Kier alpha value is -2.74. The van der Waals surface area contributed by atoms with Gasteiger partial charge in [-0.05, 0) is 31.5 Å². The van der Waals surface area contributed by atoms with Gasteiger partial charge >= 0.3 is 5.69 Å². The van der Waals surface area contributed by atoms with E-state index in [0.29, 0.717) is 42.8 Å². The molecule has 0 bridgehead atoms. The van der Waals surface area contributed by atoms with Crippen LogP contribution in [0.15, 0.2) is 39.9 Å². The summed E-state index contributed by atoms with van der Waals surface area (Å²) in [4.78, 5) is 40.8. The molecule has 8 nitrogen and oxygen atoms in total. The maximum Gasteiger partial charge on any atom is 0.332 e. The molecule has 0 spiro atoms. The zero-order chi connectivity index (χ0) is 21.1. The van der Waals surface area contributed by atoms with E-state index in [0.717, 1.165) is 11.0 Å². The fourth-order valence-electron chi connectivity index (χ4n) is 3.44. The van der Waals surface area contributed by atoms with Crippen LogP contribution in [0.25, 0.3) is 0 Å². The molecule has 1 aliphatic heterocycles. The molecule has 1 aromatic carbocycles. The molecule has 0 aliphatic carbocycles. The van der Waals surface area contributed by atoms with E-state index in [2.05, 4.69) is 0 Å². The third-order valence-corrected chi connectivity index (χ3v) is 5.32. The second-order valence-corrected chi connectivity index (χ2v) is 7.56. The summed E-state index contributed by atoms with van der Waals surface area (Å²) in [7, 11) is 3.10. The van der Waals surface area contributed by atoms with Crippen molar-refractivity contribution in [1.82, 2.24) is 14.0 Å². The molecule has 1 amide bonds. The highest BCUT2D eigenvalue weighted by Crippen LogP contribution is 2.19. The van der Waals surface area contributed by atoms with Crippen molar-refractivity contribution in [2.45, 2.75) is 19.4 Å². The molecule has 1 unspecified atom stereocenters. The van der Waals surface area contributed by atoms with E-state index in [-0.39, 0.29) is 17.2 Å². The monoisotopic (exact) mass is 420 g/mol. The van der Waals surface area contributed by atoms with E-state index in [9.17, 15) is 14.4 Å². The maximum absolute atomic E-state index is 12.8. The first-order chi connectivity index (χ1) is 13.8. The van der Waals surface area contributed by atoms with E-state index in [1.807, 2.05) is 4.90 Å². The smallest absolute Gasteiger partial charge is 0.332 e. The molecule has 1 aromatic heterocycles. The number of benzene rings is 1. The molecular formula is C20H25ClN4O4. The number of halogens is 1. The fourth-order valence-corrected chi connectivity index (χ4v) is 3.62. The summed E-state index contributed by atoms with van der Waals surface area (Å²) in [6.45, 7) is 3.95. The Kier molecular flexibility index (Phi) is 6.32. The molecule has 29 heavy (non-hydrogen) atoms. The van der Waals surface area contributed by atoms with Gasteiger partial charge in [0.25, 0.3) is 11.5 Å². The number of rotatable bonds is 4. The zero-order valence-electron chi connectivity index (χ0n) is 16.8. The standard InChI is InChI=1S/C20H25ClN4O4/c1-14(29-16-7-4-6-15(21)12-16)19(27)25-9-5-8-24(10-11-25)17-13-18(26)23(3)20(28)22(17)2/h4,6-7,12-14H,5,8-11H2,1-3H3. The normalized spacial score (nSPS) is 15.7. The predicted molar refractivity (Wildman–Crippen MR) is 112 cm³/mol.